The van der Waals surface area contributed by atoms with E-state index in [4.69, 9.17) is 0 Å². The molecule has 24 heavy (non-hydrogen) atoms. The van der Waals surface area contributed by atoms with Crippen LogP contribution in [0.1, 0.15) is 50.8 Å². The van der Waals surface area contributed by atoms with E-state index in [1.807, 2.05) is 12.1 Å². The molecule has 1 aromatic rings. The van der Waals surface area contributed by atoms with Crippen LogP contribution in [0.3, 0.4) is 0 Å². The Kier molecular flexibility index (Phi) is 5.52. The lowest BCUT2D eigenvalue weighted by molar-refractivity contribution is -0.124. The largest absolute Gasteiger partial charge is 0.357 e. The molecule has 1 saturated heterocycles. The van der Waals surface area contributed by atoms with Gasteiger partial charge in [-0.15, -0.1) is 0 Å². The summed E-state index contributed by atoms with van der Waals surface area (Å²) in [5, 5.41) is 5.83. The summed E-state index contributed by atoms with van der Waals surface area (Å²) in [5.41, 5.74) is 2.14. The van der Waals surface area contributed by atoms with Gasteiger partial charge in [-0.2, -0.15) is 0 Å². The van der Waals surface area contributed by atoms with E-state index in [0.717, 1.165) is 24.0 Å². The van der Waals surface area contributed by atoms with Crippen LogP contribution in [0.2, 0.25) is 0 Å². The maximum Gasteiger partial charge on any atom is 0.318 e. The van der Waals surface area contributed by atoms with Crippen LogP contribution in [0.25, 0.3) is 0 Å². The third-order valence-corrected chi connectivity index (χ3v) is 4.70. The van der Waals surface area contributed by atoms with E-state index in [1.54, 1.807) is 11.9 Å². The summed E-state index contributed by atoms with van der Waals surface area (Å²) in [6.07, 6.45) is 1.58. The van der Waals surface area contributed by atoms with Gasteiger partial charge < -0.3 is 15.5 Å². The SMILES string of the molecule is CNC(=O)C1CCCN1C(=O)NC(c1ccccc1C)C(C)(C)C. The molecule has 1 aromatic carbocycles. The van der Waals surface area contributed by atoms with Gasteiger partial charge in [0.05, 0.1) is 6.04 Å². The quantitative estimate of drug-likeness (QED) is 0.894. The van der Waals surface area contributed by atoms with Gasteiger partial charge in [0.25, 0.3) is 0 Å². The normalized spacial score (nSPS) is 19.0. The fraction of sp³-hybridized carbons (Fsp3) is 0.579. The molecule has 1 aliphatic heterocycles. The van der Waals surface area contributed by atoms with Crippen LogP contribution in [-0.4, -0.2) is 36.5 Å². The monoisotopic (exact) mass is 331 g/mol. The summed E-state index contributed by atoms with van der Waals surface area (Å²) >= 11 is 0. The number of nitrogens with zero attached hydrogens (tertiary/aromatic N) is 1. The summed E-state index contributed by atoms with van der Waals surface area (Å²) in [7, 11) is 1.61. The second-order valence-corrected chi connectivity index (χ2v) is 7.57. The summed E-state index contributed by atoms with van der Waals surface area (Å²) < 4.78 is 0. The zero-order valence-electron chi connectivity index (χ0n) is 15.3. The minimum atomic E-state index is -0.368. The molecule has 0 radical (unpaired) electrons. The fourth-order valence-corrected chi connectivity index (χ4v) is 3.33. The molecule has 5 heteroatoms. The topological polar surface area (TPSA) is 61.4 Å². The second-order valence-electron chi connectivity index (χ2n) is 7.57. The van der Waals surface area contributed by atoms with Gasteiger partial charge in [-0.1, -0.05) is 45.0 Å². The number of benzene rings is 1. The van der Waals surface area contributed by atoms with Crippen molar-refractivity contribution in [1.82, 2.24) is 15.5 Å². The number of rotatable bonds is 3. The molecule has 1 fully saturated rings. The standard InChI is InChI=1S/C19H29N3O2/c1-13-9-6-7-10-14(13)16(19(2,3)4)21-18(24)22-12-8-11-15(22)17(23)20-5/h6-7,9-10,15-16H,8,11-12H2,1-5H3,(H,20,23)(H,21,24). The highest BCUT2D eigenvalue weighted by Gasteiger charge is 2.36. The number of amides is 3. The Morgan fingerprint density at radius 2 is 1.92 bits per heavy atom. The summed E-state index contributed by atoms with van der Waals surface area (Å²) in [4.78, 5) is 26.5. The number of aryl methyl sites for hydroxylation is 1. The Morgan fingerprint density at radius 1 is 1.25 bits per heavy atom. The van der Waals surface area contributed by atoms with Crippen molar-refractivity contribution < 1.29 is 9.59 Å². The Balaban J connectivity index is 2.23. The summed E-state index contributed by atoms with van der Waals surface area (Å²) in [5.74, 6) is -0.0918. The maximum absolute atomic E-state index is 12.9. The predicted octanol–water partition coefficient (Wildman–Crippen LogP) is 3.00. The Morgan fingerprint density at radius 3 is 2.50 bits per heavy atom. The van der Waals surface area contributed by atoms with Crippen molar-refractivity contribution in [2.75, 3.05) is 13.6 Å². The Hall–Kier alpha value is -2.04. The summed E-state index contributed by atoms with van der Waals surface area (Å²) in [6.45, 7) is 9.03. The van der Waals surface area contributed by atoms with Crippen molar-refractivity contribution in [2.45, 2.75) is 52.6 Å². The minimum Gasteiger partial charge on any atom is -0.357 e. The van der Waals surface area contributed by atoms with Gasteiger partial charge in [0, 0.05) is 13.6 Å². The van der Waals surface area contributed by atoms with Crippen LogP contribution in [-0.2, 0) is 4.79 Å². The van der Waals surface area contributed by atoms with E-state index >= 15 is 0 Å². The molecule has 0 bridgehead atoms. The molecule has 132 valence electrons. The van der Waals surface area contributed by atoms with Gasteiger partial charge in [-0.05, 0) is 36.3 Å². The number of urea groups is 1. The highest BCUT2D eigenvalue weighted by molar-refractivity contribution is 5.87. The number of likely N-dealkylation sites (tertiary alicyclic amines) is 1. The molecule has 2 N–H and O–H groups in total. The summed E-state index contributed by atoms with van der Waals surface area (Å²) in [6, 6.07) is 7.47. The molecule has 2 atom stereocenters. The average molecular weight is 331 g/mol. The minimum absolute atomic E-state index is 0.0918. The van der Waals surface area contributed by atoms with Gasteiger partial charge in [0.2, 0.25) is 5.91 Å². The third-order valence-electron chi connectivity index (χ3n) is 4.70. The number of hydrogen-bond donors (Lipinski definition) is 2. The molecular weight excluding hydrogens is 302 g/mol. The van der Waals surface area contributed by atoms with Gasteiger partial charge in [0.15, 0.2) is 0 Å². The Labute approximate surface area is 144 Å². The van der Waals surface area contributed by atoms with E-state index in [-0.39, 0.29) is 29.4 Å². The van der Waals surface area contributed by atoms with E-state index in [2.05, 4.69) is 50.5 Å². The second kappa shape index (κ2) is 7.24. The average Bonchev–Trinajstić information content (AvgIpc) is 3.01. The third kappa shape index (κ3) is 3.89. The van der Waals surface area contributed by atoms with Gasteiger partial charge in [-0.3, -0.25) is 4.79 Å². The van der Waals surface area contributed by atoms with E-state index in [9.17, 15) is 9.59 Å². The molecule has 5 nitrogen and oxygen atoms in total. The lowest BCUT2D eigenvalue weighted by atomic mass is 9.81. The molecule has 2 rings (SSSR count). The van der Waals surface area contributed by atoms with Gasteiger partial charge >= 0.3 is 6.03 Å². The van der Waals surface area contributed by atoms with Crippen molar-refractivity contribution in [3.05, 3.63) is 35.4 Å². The number of hydrogen-bond acceptors (Lipinski definition) is 2. The molecule has 3 amide bonds. The van der Waals surface area contributed by atoms with Gasteiger partial charge in [-0.25, -0.2) is 4.79 Å². The zero-order chi connectivity index (χ0) is 17.9. The van der Waals surface area contributed by atoms with Crippen molar-refractivity contribution in [1.29, 1.82) is 0 Å². The fourth-order valence-electron chi connectivity index (χ4n) is 3.33. The van der Waals surface area contributed by atoms with Crippen molar-refractivity contribution >= 4 is 11.9 Å². The van der Waals surface area contributed by atoms with Crippen LogP contribution in [0.4, 0.5) is 4.79 Å². The lowest BCUT2D eigenvalue weighted by Crippen LogP contribution is -2.51. The van der Waals surface area contributed by atoms with Crippen LogP contribution in [0.5, 0.6) is 0 Å². The highest BCUT2D eigenvalue weighted by atomic mass is 16.2. The molecule has 1 aliphatic rings. The molecule has 2 unspecified atom stereocenters. The van der Waals surface area contributed by atoms with E-state index in [0.29, 0.717) is 6.54 Å². The van der Waals surface area contributed by atoms with Crippen LogP contribution < -0.4 is 10.6 Å². The first-order valence-electron chi connectivity index (χ1n) is 8.60. The lowest BCUT2D eigenvalue weighted by Gasteiger charge is -2.35. The van der Waals surface area contributed by atoms with Crippen LogP contribution in [0, 0.1) is 12.3 Å². The van der Waals surface area contributed by atoms with Crippen molar-refractivity contribution in [3.63, 3.8) is 0 Å². The van der Waals surface area contributed by atoms with Crippen molar-refractivity contribution in [3.8, 4) is 0 Å². The highest BCUT2D eigenvalue weighted by Crippen LogP contribution is 2.34. The first kappa shape index (κ1) is 18.3. The van der Waals surface area contributed by atoms with Crippen LogP contribution in [0.15, 0.2) is 24.3 Å². The van der Waals surface area contributed by atoms with E-state index < -0.39 is 0 Å². The molecule has 0 spiro atoms. The van der Waals surface area contributed by atoms with E-state index in [1.165, 1.54) is 0 Å². The maximum atomic E-state index is 12.9. The number of carbonyl (C=O) groups excluding carboxylic acids is 2. The number of likely N-dealkylation sites (N-methyl/N-ethyl adjacent to an activating group) is 1. The van der Waals surface area contributed by atoms with Crippen molar-refractivity contribution in [2.24, 2.45) is 5.41 Å². The molecule has 0 aromatic heterocycles. The number of carbonyl (C=O) groups is 2. The van der Waals surface area contributed by atoms with Gasteiger partial charge in [0.1, 0.15) is 6.04 Å². The Bertz CT molecular complexity index is 607. The predicted molar refractivity (Wildman–Crippen MR) is 95.7 cm³/mol. The first-order valence-corrected chi connectivity index (χ1v) is 8.60. The first-order chi connectivity index (χ1) is 11.3. The van der Waals surface area contributed by atoms with Crippen LogP contribution >= 0.6 is 0 Å². The molecular formula is C19H29N3O2. The molecule has 1 heterocycles. The number of nitrogens with one attached hydrogen (secondary N) is 2. The molecule has 0 aliphatic carbocycles. The smallest absolute Gasteiger partial charge is 0.318 e. The zero-order valence-corrected chi connectivity index (χ0v) is 15.3. The molecule has 0 saturated carbocycles.